The zero-order chi connectivity index (χ0) is 13.3. The van der Waals surface area contributed by atoms with Gasteiger partial charge >= 0.3 is 0 Å². The van der Waals surface area contributed by atoms with Gasteiger partial charge in [0, 0.05) is 37.7 Å². The molecule has 1 fully saturated rings. The van der Waals surface area contributed by atoms with Crippen molar-refractivity contribution in [1.82, 2.24) is 10.2 Å². The van der Waals surface area contributed by atoms with Crippen LogP contribution in [0.5, 0.6) is 5.75 Å². The first kappa shape index (κ1) is 14.7. The van der Waals surface area contributed by atoms with Crippen LogP contribution in [0.25, 0.3) is 0 Å². The van der Waals surface area contributed by atoms with E-state index in [0.717, 1.165) is 25.3 Å². The van der Waals surface area contributed by atoms with Crippen molar-refractivity contribution in [2.24, 2.45) is 0 Å². The van der Waals surface area contributed by atoms with E-state index in [-0.39, 0.29) is 0 Å². The number of ether oxygens (including phenoxy) is 1. The van der Waals surface area contributed by atoms with Gasteiger partial charge in [0.25, 0.3) is 0 Å². The lowest BCUT2D eigenvalue weighted by Gasteiger charge is -2.26. The fourth-order valence-electron chi connectivity index (χ4n) is 2.21. The topological polar surface area (TPSA) is 24.5 Å². The molecule has 0 aromatic heterocycles. The van der Waals surface area contributed by atoms with Gasteiger partial charge in [0.15, 0.2) is 0 Å². The lowest BCUT2D eigenvalue weighted by atomic mass is 10.1. The second-order valence-electron chi connectivity index (χ2n) is 4.80. The Labute approximate surface area is 120 Å². The van der Waals surface area contributed by atoms with Crippen molar-refractivity contribution in [3.63, 3.8) is 0 Å². The molecule has 0 aliphatic carbocycles. The summed E-state index contributed by atoms with van der Waals surface area (Å²) in [7, 11) is 1.70. The molecular formula is C15H24N2OS. The van der Waals surface area contributed by atoms with Crippen LogP contribution < -0.4 is 10.1 Å². The fourth-order valence-corrected chi connectivity index (χ4v) is 3.19. The third kappa shape index (κ3) is 5.43. The van der Waals surface area contributed by atoms with Crippen molar-refractivity contribution < 1.29 is 4.74 Å². The molecule has 1 aromatic carbocycles. The van der Waals surface area contributed by atoms with Crippen LogP contribution in [0.1, 0.15) is 5.56 Å². The third-order valence-corrected chi connectivity index (χ3v) is 4.40. The summed E-state index contributed by atoms with van der Waals surface area (Å²) in [4.78, 5) is 2.55. The summed E-state index contributed by atoms with van der Waals surface area (Å²) in [6, 6.07) is 8.34. The predicted octanol–water partition coefficient (Wildman–Crippen LogP) is 1.88. The number of hydrogen-bond donors (Lipinski definition) is 1. The molecule has 3 nitrogen and oxygen atoms in total. The van der Waals surface area contributed by atoms with Crippen molar-refractivity contribution in [3.8, 4) is 5.75 Å². The van der Waals surface area contributed by atoms with Crippen molar-refractivity contribution in [2.75, 3.05) is 51.3 Å². The highest BCUT2D eigenvalue weighted by molar-refractivity contribution is 7.99. The first-order chi connectivity index (χ1) is 9.38. The van der Waals surface area contributed by atoms with E-state index in [1.54, 1.807) is 7.11 Å². The number of rotatable bonds is 7. The number of benzene rings is 1. The molecule has 1 aliphatic rings. The van der Waals surface area contributed by atoms with E-state index in [1.807, 2.05) is 12.1 Å². The van der Waals surface area contributed by atoms with Crippen LogP contribution in [0.3, 0.4) is 0 Å². The Morgan fingerprint density at radius 3 is 2.58 bits per heavy atom. The minimum atomic E-state index is 0.930. The van der Waals surface area contributed by atoms with Crippen molar-refractivity contribution >= 4 is 11.8 Å². The van der Waals surface area contributed by atoms with Gasteiger partial charge < -0.3 is 15.0 Å². The van der Waals surface area contributed by atoms with Gasteiger partial charge in [-0.3, -0.25) is 0 Å². The maximum atomic E-state index is 5.16. The monoisotopic (exact) mass is 280 g/mol. The van der Waals surface area contributed by atoms with Crippen LogP contribution >= 0.6 is 11.8 Å². The predicted molar refractivity (Wildman–Crippen MR) is 83.3 cm³/mol. The first-order valence-corrected chi connectivity index (χ1v) is 8.18. The van der Waals surface area contributed by atoms with Gasteiger partial charge in [-0.25, -0.2) is 0 Å². The summed E-state index contributed by atoms with van der Waals surface area (Å²) < 4.78 is 5.16. The van der Waals surface area contributed by atoms with E-state index in [0.29, 0.717) is 0 Å². The summed E-state index contributed by atoms with van der Waals surface area (Å²) in [6.45, 7) is 5.84. The Balaban J connectivity index is 1.55. The number of nitrogens with one attached hydrogen (secondary N) is 1. The normalized spacial score (nSPS) is 16.5. The Kier molecular flexibility index (Phi) is 6.54. The highest BCUT2D eigenvalue weighted by Crippen LogP contribution is 2.11. The van der Waals surface area contributed by atoms with Crippen LogP contribution in [0.15, 0.2) is 24.3 Å². The minimum Gasteiger partial charge on any atom is -0.497 e. The van der Waals surface area contributed by atoms with Crippen LogP contribution in [0.2, 0.25) is 0 Å². The number of hydrogen-bond acceptors (Lipinski definition) is 4. The van der Waals surface area contributed by atoms with Crippen molar-refractivity contribution in [2.45, 2.75) is 6.42 Å². The number of nitrogens with zero attached hydrogens (tertiary/aromatic N) is 1. The van der Waals surface area contributed by atoms with E-state index >= 15 is 0 Å². The molecule has 0 bridgehead atoms. The number of methoxy groups -OCH3 is 1. The SMILES string of the molecule is COc1ccc(CCNCCN2CCSCC2)cc1. The molecule has 0 unspecified atom stereocenters. The molecule has 0 saturated carbocycles. The Morgan fingerprint density at radius 2 is 1.89 bits per heavy atom. The minimum absolute atomic E-state index is 0.930. The van der Waals surface area contributed by atoms with Gasteiger partial charge in [-0.1, -0.05) is 12.1 Å². The molecule has 1 aromatic rings. The molecule has 106 valence electrons. The van der Waals surface area contributed by atoms with Crippen molar-refractivity contribution in [3.05, 3.63) is 29.8 Å². The average Bonchev–Trinajstić information content (AvgIpc) is 2.49. The van der Waals surface area contributed by atoms with Crippen molar-refractivity contribution in [1.29, 1.82) is 0 Å². The molecule has 19 heavy (non-hydrogen) atoms. The summed E-state index contributed by atoms with van der Waals surface area (Å²) in [6.07, 6.45) is 1.08. The van der Waals surface area contributed by atoms with E-state index in [4.69, 9.17) is 4.74 Å². The molecule has 0 spiro atoms. The molecule has 1 N–H and O–H groups in total. The maximum absolute atomic E-state index is 5.16. The van der Waals surface area contributed by atoms with Crippen LogP contribution in [-0.2, 0) is 6.42 Å². The fraction of sp³-hybridized carbons (Fsp3) is 0.600. The number of thioether (sulfide) groups is 1. The van der Waals surface area contributed by atoms with E-state index in [9.17, 15) is 0 Å². The molecule has 4 heteroatoms. The molecule has 1 saturated heterocycles. The quantitative estimate of drug-likeness (QED) is 0.771. The maximum Gasteiger partial charge on any atom is 0.118 e. The third-order valence-electron chi connectivity index (χ3n) is 3.46. The molecule has 1 aliphatic heterocycles. The van der Waals surface area contributed by atoms with E-state index in [1.165, 1.54) is 36.7 Å². The largest absolute Gasteiger partial charge is 0.497 e. The van der Waals surface area contributed by atoms with Gasteiger partial charge in [-0.15, -0.1) is 0 Å². The lowest BCUT2D eigenvalue weighted by Crippen LogP contribution is -2.38. The highest BCUT2D eigenvalue weighted by Gasteiger charge is 2.08. The van der Waals surface area contributed by atoms with Crippen LogP contribution in [-0.4, -0.2) is 56.2 Å². The first-order valence-electron chi connectivity index (χ1n) is 7.02. The molecule has 0 radical (unpaired) electrons. The van der Waals surface area contributed by atoms with Crippen LogP contribution in [0.4, 0.5) is 0 Å². The average molecular weight is 280 g/mol. The van der Waals surface area contributed by atoms with Gasteiger partial charge in [0.1, 0.15) is 5.75 Å². The molecule has 2 rings (SSSR count). The zero-order valence-corrected chi connectivity index (χ0v) is 12.5. The molecular weight excluding hydrogens is 256 g/mol. The van der Waals surface area contributed by atoms with Gasteiger partial charge in [0.2, 0.25) is 0 Å². The Hall–Kier alpha value is -0.710. The second kappa shape index (κ2) is 8.46. The standard InChI is InChI=1S/C15H24N2OS/c1-18-15-4-2-14(3-5-15)6-7-16-8-9-17-10-12-19-13-11-17/h2-5,16H,6-13H2,1H3. The van der Waals surface area contributed by atoms with E-state index < -0.39 is 0 Å². The molecule has 0 amide bonds. The highest BCUT2D eigenvalue weighted by atomic mass is 32.2. The smallest absolute Gasteiger partial charge is 0.118 e. The summed E-state index contributed by atoms with van der Waals surface area (Å²) >= 11 is 2.07. The zero-order valence-electron chi connectivity index (χ0n) is 11.7. The Morgan fingerprint density at radius 1 is 1.16 bits per heavy atom. The van der Waals surface area contributed by atoms with Crippen LogP contribution in [0, 0.1) is 0 Å². The van der Waals surface area contributed by atoms with Gasteiger partial charge in [0.05, 0.1) is 7.11 Å². The van der Waals surface area contributed by atoms with Gasteiger partial charge in [-0.2, -0.15) is 11.8 Å². The van der Waals surface area contributed by atoms with Gasteiger partial charge in [-0.05, 0) is 30.7 Å². The Bertz CT molecular complexity index is 350. The summed E-state index contributed by atoms with van der Waals surface area (Å²) in [5.41, 5.74) is 1.36. The molecule has 0 atom stereocenters. The summed E-state index contributed by atoms with van der Waals surface area (Å²) in [5, 5.41) is 3.53. The van der Waals surface area contributed by atoms with E-state index in [2.05, 4.69) is 34.1 Å². The lowest BCUT2D eigenvalue weighted by molar-refractivity contribution is 0.301. The second-order valence-corrected chi connectivity index (χ2v) is 6.03. The summed E-state index contributed by atoms with van der Waals surface area (Å²) in [5.74, 6) is 3.53. The molecule has 1 heterocycles.